The van der Waals surface area contributed by atoms with Crippen molar-refractivity contribution in [2.45, 2.75) is 11.7 Å². The molecule has 0 spiro atoms. The molecule has 1 heterocycles. The minimum atomic E-state index is -0.460. The quantitative estimate of drug-likeness (QED) is 0.881. The highest BCUT2D eigenvalue weighted by Gasteiger charge is 2.32. The molecule has 0 aromatic heterocycles. The summed E-state index contributed by atoms with van der Waals surface area (Å²) in [5.74, 6) is -0.296. The molecule has 7 heteroatoms. The highest BCUT2D eigenvalue weighted by molar-refractivity contribution is 9.10. The minimum absolute atomic E-state index is 0.296. The first-order valence-corrected chi connectivity index (χ1v) is 7.05. The van der Waals surface area contributed by atoms with E-state index in [-0.39, 0.29) is 11.1 Å². The van der Waals surface area contributed by atoms with Crippen LogP contribution in [0.2, 0.25) is 10.0 Å². The number of carbonyl (C=O) groups is 2. The van der Waals surface area contributed by atoms with Crippen LogP contribution in [0.5, 0.6) is 0 Å². The van der Waals surface area contributed by atoms with Crippen LogP contribution in [0.3, 0.4) is 0 Å². The summed E-state index contributed by atoms with van der Waals surface area (Å²) in [6, 6.07) is 3.42. The molecule has 1 fully saturated rings. The average molecular weight is 355 g/mol. The van der Waals surface area contributed by atoms with Crippen LogP contribution in [0.4, 0.5) is 4.79 Å². The Bertz CT molecular complexity index is 486. The Morgan fingerprint density at radius 1 is 1.29 bits per heavy atom. The summed E-state index contributed by atoms with van der Waals surface area (Å²) in [6.07, 6.45) is 0.340. The Labute approximate surface area is 120 Å². The van der Waals surface area contributed by atoms with E-state index in [9.17, 15) is 9.59 Å². The van der Waals surface area contributed by atoms with E-state index in [1.165, 1.54) is 0 Å². The lowest BCUT2D eigenvalue weighted by Gasteiger charge is -2.10. The van der Waals surface area contributed by atoms with Crippen molar-refractivity contribution in [3.63, 3.8) is 0 Å². The Morgan fingerprint density at radius 3 is 2.35 bits per heavy atom. The molecule has 1 aromatic rings. The van der Waals surface area contributed by atoms with Crippen molar-refractivity contribution in [3.8, 4) is 0 Å². The van der Waals surface area contributed by atoms with Gasteiger partial charge >= 0.3 is 0 Å². The van der Waals surface area contributed by atoms with Crippen molar-refractivity contribution in [2.75, 3.05) is 0 Å². The number of hydrogen-bond acceptors (Lipinski definition) is 3. The Morgan fingerprint density at radius 2 is 1.88 bits per heavy atom. The summed E-state index contributed by atoms with van der Waals surface area (Å²) >= 11 is 16.3. The van der Waals surface area contributed by atoms with E-state index in [0.717, 1.165) is 16.2 Å². The lowest BCUT2D eigenvalue weighted by atomic mass is 10.1. The smallest absolute Gasteiger partial charge is 0.286 e. The summed E-state index contributed by atoms with van der Waals surface area (Å²) in [7, 11) is 0. The van der Waals surface area contributed by atoms with Crippen molar-refractivity contribution >= 4 is 62.0 Å². The van der Waals surface area contributed by atoms with Gasteiger partial charge < -0.3 is 0 Å². The molecule has 2 rings (SSSR count). The van der Waals surface area contributed by atoms with Crippen LogP contribution in [-0.2, 0) is 11.2 Å². The van der Waals surface area contributed by atoms with Crippen molar-refractivity contribution < 1.29 is 9.59 Å². The van der Waals surface area contributed by atoms with Gasteiger partial charge in [0, 0.05) is 14.5 Å². The normalized spacial score (nSPS) is 19.6. The fraction of sp³-hybridized carbons (Fsp3) is 0.200. The van der Waals surface area contributed by atoms with E-state index in [2.05, 4.69) is 21.2 Å². The van der Waals surface area contributed by atoms with Crippen LogP contribution < -0.4 is 5.32 Å². The van der Waals surface area contributed by atoms with Gasteiger partial charge in [0.1, 0.15) is 0 Å². The van der Waals surface area contributed by atoms with Gasteiger partial charge in [-0.3, -0.25) is 14.9 Å². The topological polar surface area (TPSA) is 46.2 Å². The number of carbonyl (C=O) groups excluding carboxylic acids is 2. The third-order valence-electron chi connectivity index (χ3n) is 2.26. The fourth-order valence-electron chi connectivity index (χ4n) is 1.48. The zero-order chi connectivity index (χ0) is 12.6. The van der Waals surface area contributed by atoms with Crippen LogP contribution in [-0.4, -0.2) is 16.4 Å². The summed E-state index contributed by atoms with van der Waals surface area (Å²) in [6.45, 7) is 0. The number of thioether (sulfide) groups is 1. The molecule has 0 bridgehead atoms. The van der Waals surface area contributed by atoms with E-state index in [1.807, 2.05) is 0 Å². The number of halogens is 3. The molecule has 0 saturated carbocycles. The van der Waals surface area contributed by atoms with E-state index < -0.39 is 5.25 Å². The molecule has 3 nitrogen and oxygen atoms in total. The van der Waals surface area contributed by atoms with E-state index in [0.29, 0.717) is 22.0 Å². The second-order valence-corrected chi connectivity index (χ2v) is 6.34. The summed E-state index contributed by atoms with van der Waals surface area (Å²) in [5, 5.41) is 2.41. The molecule has 90 valence electrons. The third-order valence-corrected chi connectivity index (χ3v) is 4.38. The first kappa shape index (κ1) is 13.2. The molecule has 1 N–H and O–H groups in total. The molecule has 1 saturated heterocycles. The lowest BCUT2D eigenvalue weighted by molar-refractivity contribution is -0.118. The Balaban J connectivity index is 2.25. The second-order valence-electron chi connectivity index (χ2n) is 3.44. The number of benzene rings is 1. The molecule has 1 aliphatic rings. The van der Waals surface area contributed by atoms with Crippen LogP contribution in [0, 0.1) is 0 Å². The molecule has 0 radical (unpaired) electrons. The highest BCUT2D eigenvalue weighted by Crippen LogP contribution is 2.33. The van der Waals surface area contributed by atoms with Gasteiger partial charge in [-0.25, -0.2) is 0 Å². The van der Waals surface area contributed by atoms with Gasteiger partial charge in [-0.15, -0.1) is 0 Å². The molecule has 1 unspecified atom stereocenters. The van der Waals surface area contributed by atoms with Gasteiger partial charge in [0.05, 0.1) is 5.25 Å². The molecule has 1 aromatic carbocycles. The molecule has 2 amide bonds. The Kier molecular flexibility index (Phi) is 4.02. The SMILES string of the molecule is O=C1NC(=O)C(Cc2c(Cl)cc(Br)cc2Cl)S1. The Hall–Kier alpha value is -0.230. The standard InChI is InChI=1S/C10H6BrCl2NO2S/c11-4-1-6(12)5(7(13)2-4)3-8-9(15)14-10(16)17-8/h1-2,8H,3H2,(H,14,15,16). The van der Waals surface area contributed by atoms with Crippen molar-refractivity contribution in [3.05, 3.63) is 32.2 Å². The number of imide groups is 1. The van der Waals surface area contributed by atoms with Gasteiger partial charge in [0.15, 0.2) is 0 Å². The zero-order valence-corrected chi connectivity index (χ0v) is 12.2. The highest BCUT2D eigenvalue weighted by atomic mass is 79.9. The maximum absolute atomic E-state index is 11.4. The molecule has 1 atom stereocenters. The van der Waals surface area contributed by atoms with E-state index >= 15 is 0 Å². The van der Waals surface area contributed by atoms with Crippen molar-refractivity contribution in [1.82, 2.24) is 5.32 Å². The van der Waals surface area contributed by atoms with E-state index in [1.54, 1.807) is 12.1 Å². The average Bonchev–Trinajstić information content (AvgIpc) is 2.51. The van der Waals surface area contributed by atoms with Crippen LogP contribution >= 0.6 is 50.9 Å². The predicted octanol–water partition coefficient (Wildman–Crippen LogP) is 3.65. The maximum Gasteiger partial charge on any atom is 0.286 e. The monoisotopic (exact) mass is 353 g/mol. The van der Waals surface area contributed by atoms with Gasteiger partial charge in [-0.1, -0.05) is 50.9 Å². The summed E-state index contributed by atoms with van der Waals surface area (Å²) in [4.78, 5) is 22.5. The number of amides is 2. The fourth-order valence-corrected chi connectivity index (χ4v) is 3.68. The van der Waals surface area contributed by atoms with E-state index in [4.69, 9.17) is 23.2 Å². The second kappa shape index (κ2) is 5.18. The van der Waals surface area contributed by atoms with Gasteiger partial charge in [-0.2, -0.15) is 0 Å². The molecule has 1 aliphatic heterocycles. The zero-order valence-electron chi connectivity index (χ0n) is 8.30. The number of rotatable bonds is 2. The summed E-state index contributed by atoms with van der Waals surface area (Å²) in [5.41, 5.74) is 0.680. The van der Waals surface area contributed by atoms with Gasteiger partial charge in [0.25, 0.3) is 5.24 Å². The first-order chi connectivity index (χ1) is 7.97. The lowest BCUT2D eigenvalue weighted by Crippen LogP contribution is -2.25. The van der Waals surface area contributed by atoms with Gasteiger partial charge in [-0.05, 0) is 24.1 Å². The molecule has 0 aliphatic carbocycles. The first-order valence-electron chi connectivity index (χ1n) is 4.62. The van der Waals surface area contributed by atoms with Crippen molar-refractivity contribution in [1.29, 1.82) is 0 Å². The third kappa shape index (κ3) is 2.96. The molecule has 17 heavy (non-hydrogen) atoms. The predicted molar refractivity (Wildman–Crippen MR) is 72.8 cm³/mol. The van der Waals surface area contributed by atoms with Crippen LogP contribution in [0.1, 0.15) is 5.56 Å². The molecular formula is C10H6BrCl2NO2S. The maximum atomic E-state index is 11.4. The van der Waals surface area contributed by atoms with Crippen molar-refractivity contribution in [2.24, 2.45) is 0 Å². The van der Waals surface area contributed by atoms with Crippen LogP contribution in [0.15, 0.2) is 16.6 Å². The van der Waals surface area contributed by atoms with Gasteiger partial charge in [0.2, 0.25) is 5.91 Å². The molecular weight excluding hydrogens is 349 g/mol. The van der Waals surface area contributed by atoms with Crippen LogP contribution in [0.25, 0.3) is 0 Å². The number of nitrogens with one attached hydrogen (secondary N) is 1. The summed E-state index contributed by atoms with van der Waals surface area (Å²) < 4.78 is 0.774. The largest absolute Gasteiger partial charge is 0.286 e. The number of hydrogen-bond donors (Lipinski definition) is 1. The minimum Gasteiger partial charge on any atom is -0.286 e.